The van der Waals surface area contributed by atoms with Crippen molar-refractivity contribution in [2.75, 3.05) is 0 Å². The molecule has 0 saturated carbocycles. The zero-order chi connectivity index (χ0) is 17.1. The van der Waals surface area contributed by atoms with Crippen molar-refractivity contribution in [2.24, 2.45) is 0 Å². The second kappa shape index (κ2) is 7.01. The zero-order valence-corrected chi connectivity index (χ0v) is 14.1. The molecule has 0 aliphatic heterocycles. The molecule has 2 heterocycles. The van der Waals surface area contributed by atoms with Crippen molar-refractivity contribution < 1.29 is 0 Å². The van der Waals surface area contributed by atoms with E-state index in [-0.39, 0.29) is 6.04 Å². The molecule has 0 fully saturated rings. The number of benzene rings is 2. The highest BCUT2D eigenvalue weighted by Gasteiger charge is 2.17. The predicted molar refractivity (Wildman–Crippen MR) is 98.3 cm³/mol. The van der Waals surface area contributed by atoms with Crippen LogP contribution in [0.5, 0.6) is 0 Å². The Hall–Kier alpha value is -2.76. The van der Waals surface area contributed by atoms with E-state index in [1.54, 1.807) is 6.20 Å². The number of H-pyrrole nitrogens is 1. The van der Waals surface area contributed by atoms with Crippen molar-refractivity contribution >= 4 is 22.5 Å². The minimum Gasteiger partial charge on any atom is -0.299 e. The summed E-state index contributed by atoms with van der Waals surface area (Å²) in [6.45, 7) is 0.630. The number of nitrogens with zero attached hydrogens (tertiary/aromatic N) is 3. The number of aromatic amines is 1. The van der Waals surface area contributed by atoms with Crippen LogP contribution in [-0.4, -0.2) is 20.2 Å². The molecule has 4 aromatic rings. The zero-order valence-electron chi connectivity index (χ0n) is 13.4. The summed E-state index contributed by atoms with van der Waals surface area (Å²) >= 11 is 6.29. The Morgan fingerprint density at radius 3 is 2.68 bits per heavy atom. The van der Waals surface area contributed by atoms with E-state index in [1.807, 2.05) is 42.5 Å². The minimum atomic E-state index is -0.0851. The van der Waals surface area contributed by atoms with E-state index in [0.717, 1.165) is 27.9 Å². The van der Waals surface area contributed by atoms with Crippen LogP contribution in [0.15, 0.2) is 67.1 Å². The van der Waals surface area contributed by atoms with Crippen molar-refractivity contribution in [1.29, 1.82) is 0 Å². The van der Waals surface area contributed by atoms with Gasteiger partial charge in [0.1, 0.15) is 12.2 Å². The molecular formula is C19H16ClN5. The molecule has 4 rings (SSSR count). The van der Waals surface area contributed by atoms with Crippen LogP contribution in [0.4, 0.5) is 0 Å². The second-order valence-corrected chi connectivity index (χ2v) is 6.11. The summed E-state index contributed by atoms with van der Waals surface area (Å²) in [4.78, 5) is 8.81. The van der Waals surface area contributed by atoms with Gasteiger partial charge in [0.25, 0.3) is 0 Å². The molecule has 6 heteroatoms. The highest BCUT2D eigenvalue weighted by atomic mass is 35.5. The lowest BCUT2D eigenvalue weighted by Gasteiger charge is -2.17. The van der Waals surface area contributed by atoms with Gasteiger partial charge in [0.05, 0.1) is 11.6 Å². The standard InChI is InChI=1S/C19H16ClN5/c20-16-9-8-14(17-15(16)7-4-10-21-17)11-22-18(19-23-12-24-25-19)13-5-2-1-3-6-13/h1-10,12,18,22H,11H2,(H,23,24,25)/t18-/m0/s1. The van der Waals surface area contributed by atoms with Crippen molar-refractivity contribution in [3.05, 3.63) is 89.1 Å². The Labute approximate surface area is 150 Å². The van der Waals surface area contributed by atoms with Gasteiger partial charge in [-0.05, 0) is 29.3 Å². The van der Waals surface area contributed by atoms with E-state index in [9.17, 15) is 0 Å². The lowest BCUT2D eigenvalue weighted by molar-refractivity contribution is 0.579. The third kappa shape index (κ3) is 3.24. The second-order valence-electron chi connectivity index (χ2n) is 5.70. The van der Waals surface area contributed by atoms with E-state index in [0.29, 0.717) is 11.6 Å². The molecule has 0 unspecified atom stereocenters. The molecule has 1 atom stereocenters. The Morgan fingerprint density at radius 2 is 1.88 bits per heavy atom. The van der Waals surface area contributed by atoms with Crippen molar-refractivity contribution in [3.63, 3.8) is 0 Å². The largest absolute Gasteiger partial charge is 0.299 e. The lowest BCUT2D eigenvalue weighted by atomic mass is 10.0. The normalized spacial score (nSPS) is 12.4. The molecule has 25 heavy (non-hydrogen) atoms. The molecule has 0 aliphatic carbocycles. The number of hydrogen-bond acceptors (Lipinski definition) is 4. The molecular weight excluding hydrogens is 334 g/mol. The SMILES string of the molecule is Clc1ccc(CN[C@@H](c2ccccc2)c2ncn[nH]2)c2ncccc12. The Bertz CT molecular complexity index is 970. The molecule has 5 nitrogen and oxygen atoms in total. The third-order valence-electron chi connectivity index (χ3n) is 4.14. The molecule has 0 saturated heterocycles. The van der Waals surface area contributed by atoms with Gasteiger partial charge in [0, 0.05) is 23.2 Å². The van der Waals surface area contributed by atoms with Crippen LogP contribution >= 0.6 is 11.6 Å². The molecule has 0 spiro atoms. The quantitative estimate of drug-likeness (QED) is 0.573. The Kier molecular flexibility index (Phi) is 4.41. The summed E-state index contributed by atoms with van der Waals surface area (Å²) in [5.74, 6) is 0.775. The average molecular weight is 350 g/mol. The fourth-order valence-electron chi connectivity index (χ4n) is 2.92. The summed E-state index contributed by atoms with van der Waals surface area (Å²) in [6, 6.07) is 17.9. The molecule has 0 radical (unpaired) electrons. The first kappa shape index (κ1) is 15.7. The predicted octanol–water partition coefficient (Wildman–Crippen LogP) is 3.89. The van der Waals surface area contributed by atoms with Gasteiger partial charge >= 0.3 is 0 Å². The molecule has 124 valence electrons. The fraction of sp³-hybridized carbons (Fsp3) is 0.105. The molecule has 0 amide bonds. The van der Waals surface area contributed by atoms with Crippen LogP contribution < -0.4 is 5.32 Å². The van der Waals surface area contributed by atoms with Crippen LogP contribution in [0.1, 0.15) is 23.0 Å². The maximum Gasteiger partial charge on any atom is 0.145 e. The van der Waals surface area contributed by atoms with Crippen LogP contribution in [0, 0.1) is 0 Å². The van der Waals surface area contributed by atoms with E-state index in [2.05, 4.69) is 37.6 Å². The first-order valence-corrected chi connectivity index (χ1v) is 8.36. The van der Waals surface area contributed by atoms with Gasteiger partial charge in [0.15, 0.2) is 0 Å². The maximum absolute atomic E-state index is 6.29. The third-order valence-corrected chi connectivity index (χ3v) is 4.47. The van der Waals surface area contributed by atoms with Gasteiger partial charge in [-0.2, -0.15) is 5.10 Å². The van der Waals surface area contributed by atoms with Crippen LogP contribution in [-0.2, 0) is 6.54 Å². The van der Waals surface area contributed by atoms with Gasteiger partial charge in [-0.1, -0.05) is 48.0 Å². The van der Waals surface area contributed by atoms with Gasteiger partial charge in [-0.3, -0.25) is 15.4 Å². The Balaban J connectivity index is 1.66. The van der Waals surface area contributed by atoms with Crippen LogP contribution in [0.25, 0.3) is 10.9 Å². The van der Waals surface area contributed by atoms with Gasteiger partial charge in [-0.15, -0.1) is 0 Å². The molecule has 2 aromatic heterocycles. The van der Waals surface area contributed by atoms with Gasteiger partial charge in [0.2, 0.25) is 0 Å². The number of halogens is 1. The maximum atomic E-state index is 6.29. The fourth-order valence-corrected chi connectivity index (χ4v) is 3.14. The highest BCUT2D eigenvalue weighted by Crippen LogP contribution is 2.26. The Morgan fingerprint density at radius 1 is 1.00 bits per heavy atom. The average Bonchev–Trinajstić information content (AvgIpc) is 3.19. The van der Waals surface area contributed by atoms with Crippen LogP contribution in [0.3, 0.4) is 0 Å². The van der Waals surface area contributed by atoms with Crippen molar-refractivity contribution in [2.45, 2.75) is 12.6 Å². The highest BCUT2D eigenvalue weighted by molar-refractivity contribution is 6.35. The first-order valence-electron chi connectivity index (χ1n) is 7.98. The monoisotopic (exact) mass is 349 g/mol. The summed E-state index contributed by atoms with van der Waals surface area (Å²) in [5, 5.41) is 12.2. The molecule has 0 aliphatic rings. The number of aromatic nitrogens is 4. The van der Waals surface area contributed by atoms with E-state index in [4.69, 9.17) is 11.6 Å². The minimum absolute atomic E-state index is 0.0851. The number of rotatable bonds is 5. The summed E-state index contributed by atoms with van der Waals surface area (Å²) in [7, 11) is 0. The van der Waals surface area contributed by atoms with E-state index < -0.39 is 0 Å². The van der Waals surface area contributed by atoms with Gasteiger partial charge in [-0.25, -0.2) is 4.98 Å². The van der Waals surface area contributed by atoms with Crippen molar-refractivity contribution in [1.82, 2.24) is 25.5 Å². The van der Waals surface area contributed by atoms with E-state index >= 15 is 0 Å². The summed E-state index contributed by atoms with van der Waals surface area (Å²) in [5.41, 5.74) is 3.11. The number of nitrogens with one attached hydrogen (secondary N) is 2. The van der Waals surface area contributed by atoms with Gasteiger partial charge < -0.3 is 0 Å². The number of pyridine rings is 1. The first-order chi connectivity index (χ1) is 12.3. The topological polar surface area (TPSA) is 66.5 Å². The van der Waals surface area contributed by atoms with Crippen LogP contribution in [0.2, 0.25) is 5.02 Å². The smallest absolute Gasteiger partial charge is 0.145 e. The summed E-state index contributed by atoms with van der Waals surface area (Å²) in [6.07, 6.45) is 3.31. The lowest BCUT2D eigenvalue weighted by Crippen LogP contribution is -2.23. The molecule has 2 N–H and O–H groups in total. The number of hydrogen-bond donors (Lipinski definition) is 2. The van der Waals surface area contributed by atoms with E-state index in [1.165, 1.54) is 6.33 Å². The molecule has 0 bridgehead atoms. The summed E-state index contributed by atoms with van der Waals surface area (Å²) < 4.78 is 0. The number of fused-ring (bicyclic) bond motifs is 1. The van der Waals surface area contributed by atoms with Crippen molar-refractivity contribution in [3.8, 4) is 0 Å². The molecule has 2 aromatic carbocycles.